The highest BCUT2D eigenvalue weighted by atomic mass is 14.5. The van der Waals surface area contributed by atoms with Crippen LogP contribution in [0.2, 0.25) is 0 Å². The van der Waals surface area contributed by atoms with Gasteiger partial charge in [0, 0.05) is 5.69 Å². The Morgan fingerprint density at radius 2 is 2.18 bits per heavy atom. The predicted molar refractivity (Wildman–Crippen MR) is 74.9 cm³/mol. The van der Waals surface area contributed by atoms with Gasteiger partial charge < -0.3 is 5.73 Å². The Morgan fingerprint density at radius 1 is 1.29 bits per heavy atom. The summed E-state index contributed by atoms with van der Waals surface area (Å²) in [6.45, 7) is 2.41. The minimum atomic E-state index is 0.897. The van der Waals surface area contributed by atoms with E-state index in [1.165, 1.54) is 50.5 Å². The minimum Gasteiger partial charge on any atom is -0.399 e. The fourth-order valence-corrected chi connectivity index (χ4v) is 3.17. The minimum absolute atomic E-state index is 0.897. The third-order valence-corrected chi connectivity index (χ3v) is 4.07. The van der Waals surface area contributed by atoms with Crippen molar-refractivity contribution in [3.05, 3.63) is 29.8 Å². The summed E-state index contributed by atoms with van der Waals surface area (Å²) in [6.07, 6.45) is 9.73. The lowest BCUT2D eigenvalue weighted by Crippen LogP contribution is -2.13. The molecule has 1 aromatic rings. The molecule has 1 saturated carbocycles. The molecule has 1 aliphatic carbocycles. The second-order valence-corrected chi connectivity index (χ2v) is 5.78. The molecule has 17 heavy (non-hydrogen) atoms. The molecule has 0 bridgehead atoms. The Hall–Kier alpha value is -0.980. The van der Waals surface area contributed by atoms with Crippen LogP contribution in [0.5, 0.6) is 0 Å². The van der Waals surface area contributed by atoms with Crippen LogP contribution in [0.25, 0.3) is 0 Å². The molecule has 1 fully saturated rings. The van der Waals surface area contributed by atoms with Crippen molar-refractivity contribution in [2.45, 2.75) is 51.9 Å². The van der Waals surface area contributed by atoms with Crippen molar-refractivity contribution >= 4 is 5.69 Å². The fourth-order valence-electron chi connectivity index (χ4n) is 3.17. The summed E-state index contributed by atoms with van der Waals surface area (Å²) in [6, 6.07) is 8.34. The number of rotatable bonds is 4. The van der Waals surface area contributed by atoms with Crippen LogP contribution in [0.15, 0.2) is 24.3 Å². The highest BCUT2D eigenvalue weighted by Gasteiger charge is 2.18. The molecule has 2 unspecified atom stereocenters. The number of benzene rings is 1. The lowest BCUT2D eigenvalue weighted by Gasteiger charge is -2.26. The first-order valence-electron chi connectivity index (χ1n) is 7.08. The predicted octanol–water partition coefficient (Wildman–Crippen LogP) is 4.42. The lowest BCUT2D eigenvalue weighted by atomic mass is 9.80. The molecule has 0 saturated heterocycles. The van der Waals surface area contributed by atoms with Crippen molar-refractivity contribution in [3.63, 3.8) is 0 Å². The number of hydrogen-bond acceptors (Lipinski definition) is 1. The second-order valence-electron chi connectivity index (χ2n) is 5.78. The van der Waals surface area contributed by atoms with Crippen molar-refractivity contribution in [2.24, 2.45) is 11.8 Å². The molecule has 0 aliphatic heterocycles. The highest BCUT2D eigenvalue weighted by Crippen LogP contribution is 2.31. The van der Waals surface area contributed by atoms with E-state index in [2.05, 4.69) is 25.1 Å². The average molecular weight is 231 g/mol. The first kappa shape index (κ1) is 12.5. The molecule has 1 nitrogen and oxygen atoms in total. The summed E-state index contributed by atoms with van der Waals surface area (Å²) in [4.78, 5) is 0. The van der Waals surface area contributed by atoms with Crippen LogP contribution in [0.4, 0.5) is 5.69 Å². The first-order valence-corrected chi connectivity index (χ1v) is 7.08. The molecule has 0 amide bonds. The Labute approximate surface area is 105 Å². The van der Waals surface area contributed by atoms with Crippen molar-refractivity contribution in [3.8, 4) is 0 Å². The summed E-state index contributed by atoms with van der Waals surface area (Å²) < 4.78 is 0. The van der Waals surface area contributed by atoms with E-state index in [1.54, 1.807) is 0 Å². The second kappa shape index (κ2) is 6.09. The lowest BCUT2D eigenvalue weighted by molar-refractivity contribution is 0.266. The molecule has 0 heterocycles. The van der Waals surface area contributed by atoms with E-state index in [4.69, 9.17) is 5.73 Å². The molecule has 94 valence electrons. The SMILES string of the molecule is CC1CCCC(CCCc2cccc(N)c2)C1. The maximum Gasteiger partial charge on any atom is 0.0316 e. The van der Waals surface area contributed by atoms with Crippen molar-refractivity contribution < 1.29 is 0 Å². The number of aryl methyl sites for hydroxylation is 1. The molecule has 1 aliphatic rings. The number of hydrogen-bond donors (Lipinski definition) is 1. The summed E-state index contributed by atoms with van der Waals surface area (Å²) in [5.74, 6) is 1.95. The maximum atomic E-state index is 5.79. The van der Waals surface area contributed by atoms with Gasteiger partial charge >= 0.3 is 0 Å². The summed E-state index contributed by atoms with van der Waals surface area (Å²) in [5.41, 5.74) is 8.09. The van der Waals surface area contributed by atoms with Crippen LogP contribution < -0.4 is 5.73 Å². The molecule has 0 spiro atoms. The van der Waals surface area contributed by atoms with Gasteiger partial charge in [0.15, 0.2) is 0 Å². The van der Waals surface area contributed by atoms with E-state index in [1.807, 2.05) is 6.07 Å². The Bertz CT molecular complexity index is 345. The van der Waals surface area contributed by atoms with Crippen LogP contribution in [0.1, 0.15) is 51.0 Å². The van der Waals surface area contributed by atoms with Gasteiger partial charge in [0.05, 0.1) is 0 Å². The van der Waals surface area contributed by atoms with Crippen molar-refractivity contribution in [1.29, 1.82) is 0 Å². The standard InChI is InChI=1S/C16H25N/c1-13-5-2-6-14(11-13)7-3-8-15-9-4-10-16(17)12-15/h4,9-10,12-14H,2-3,5-8,11,17H2,1H3. The molecular weight excluding hydrogens is 206 g/mol. The van der Waals surface area contributed by atoms with Crippen LogP contribution in [-0.4, -0.2) is 0 Å². The van der Waals surface area contributed by atoms with Crippen molar-refractivity contribution in [1.82, 2.24) is 0 Å². The number of nitrogen functional groups attached to an aromatic ring is 1. The first-order chi connectivity index (χ1) is 8.24. The molecule has 2 rings (SSSR count). The Kier molecular flexibility index (Phi) is 4.47. The monoisotopic (exact) mass is 231 g/mol. The topological polar surface area (TPSA) is 26.0 Å². The van der Waals surface area contributed by atoms with Gasteiger partial charge in [0.25, 0.3) is 0 Å². The van der Waals surface area contributed by atoms with E-state index in [0.717, 1.165) is 17.5 Å². The van der Waals surface area contributed by atoms with Crippen molar-refractivity contribution in [2.75, 3.05) is 5.73 Å². The zero-order valence-corrected chi connectivity index (χ0v) is 11.0. The quantitative estimate of drug-likeness (QED) is 0.763. The van der Waals surface area contributed by atoms with Crippen LogP contribution >= 0.6 is 0 Å². The summed E-state index contributed by atoms with van der Waals surface area (Å²) in [7, 11) is 0. The molecule has 0 radical (unpaired) electrons. The van der Waals surface area contributed by atoms with E-state index in [0.29, 0.717) is 0 Å². The van der Waals surface area contributed by atoms with Gasteiger partial charge in [0.2, 0.25) is 0 Å². The van der Waals surface area contributed by atoms with E-state index in [-0.39, 0.29) is 0 Å². The molecule has 0 aromatic heterocycles. The molecule has 2 atom stereocenters. The van der Waals surface area contributed by atoms with E-state index >= 15 is 0 Å². The fraction of sp³-hybridized carbons (Fsp3) is 0.625. The van der Waals surface area contributed by atoms with Gasteiger partial charge in [0.1, 0.15) is 0 Å². The molecule has 2 N–H and O–H groups in total. The maximum absolute atomic E-state index is 5.79. The van der Waals surface area contributed by atoms with Gasteiger partial charge in [-0.2, -0.15) is 0 Å². The number of nitrogens with two attached hydrogens (primary N) is 1. The van der Waals surface area contributed by atoms with Gasteiger partial charge in [-0.05, 0) is 48.8 Å². The highest BCUT2D eigenvalue weighted by molar-refractivity contribution is 5.40. The Morgan fingerprint density at radius 3 is 2.94 bits per heavy atom. The normalized spacial score (nSPS) is 24.8. The summed E-state index contributed by atoms with van der Waals surface area (Å²) >= 11 is 0. The molecular formula is C16H25N. The van der Waals surface area contributed by atoms with E-state index in [9.17, 15) is 0 Å². The zero-order chi connectivity index (χ0) is 12.1. The third kappa shape index (κ3) is 4.07. The van der Waals surface area contributed by atoms with Gasteiger partial charge in [-0.3, -0.25) is 0 Å². The van der Waals surface area contributed by atoms with Gasteiger partial charge in [-0.25, -0.2) is 0 Å². The van der Waals surface area contributed by atoms with Crippen LogP contribution in [0.3, 0.4) is 0 Å². The van der Waals surface area contributed by atoms with Crippen LogP contribution in [-0.2, 0) is 6.42 Å². The zero-order valence-electron chi connectivity index (χ0n) is 11.0. The number of anilines is 1. The smallest absolute Gasteiger partial charge is 0.0316 e. The largest absolute Gasteiger partial charge is 0.399 e. The van der Waals surface area contributed by atoms with Crippen LogP contribution in [0, 0.1) is 11.8 Å². The van der Waals surface area contributed by atoms with Gasteiger partial charge in [-0.1, -0.05) is 44.7 Å². The van der Waals surface area contributed by atoms with Gasteiger partial charge in [-0.15, -0.1) is 0 Å². The third-order valence-electron chi connectivity index (χ3n) is 4.07. The Balaban J connectivity index is 1.72. The average Bonchev–Trinajstić information content (AvgIpc) is 2.29. The molecule has 1 heteroatoms. The summed E-state index contributed by atoms with van der Waals surface area (Å²) in [5, 5.41) is 0. The van der Waals surface area contributed by atoms with E-state index < -0.39 is 0 Å². The molecule has 1 aromatic carbocycles.